The van der Waals surface area contributed by atoms with Crippen molar-refractivity contribution in [1.29, 1.82) is 0 Å². The second-order valence-electron chi connectivity index (χ2n) is 7.31. The molecule has 1 saturated heterocycles. The van der Waals surface area contributed by atoms with E-state index < -0.39 is 8.07 Å². The fourth-order valence-corrected chi connectivity index (χ4v) is 4.31. The minimum Gasteiger partial charge on any atom is -0.376 e. The van der Waals surface area contributed by atoms with Gasteiger partial charge in [-0.1, -0.05) is 55.7 Å². The Hall–Kier alpha value is -0.903. The van der Waals surface area contributed by atoms with Crippen LogP contribution in [-0.4, -0.2) is 39.8 Å². The summed E-state index contributed by atoms with van der Waals surface area (Å²) in [7, 11) is 1.08. The zero-order valence-corrected chi connectivity index (χ0v) is 14.9. The predicted molar refractivity (Wildman–Crippen MR) is 93.1 cm³/mol. The van der Waals surface area contributed by atoms with Gasteiger partial charge in [0.2, 0.25) is 0 Å². The standard InChI is InChI=1S/C18H29NOSi/c1-19(12-16-8-6-5-7-9-16)11-10-17-13-20-14-18(17)15-21(2,3)4/h5-9,15,17H,10-14H2,1-4H3/b18-15+. The lowest BCUT2D eigenvalue weighted by Gasteiger charge is -2.20. The van der Waals surface area contributed by atoms with E-state index in [1.165, 1.54) is 12.0 Å². The van der Waals surface area contributed by atoms with Crippen LogP contribution in [0.4, 0.5) is 0 Å². The first kappa shape index (κ1) is 16.5. The molecule has 1 aliphatic heterocycles. The first-order valence-corrected chi connectivity index (χ1v) is 11.5. The van der Waals surface area contributed by atoms with Crippen LogP contribution in [0.25, 0.3) is 0 Å². The summed E-state index contributed by atoms with van der Waals surface area (Å²) in [6.07, 6.45) is 1.21. The van der Waals surface area contributed by atoms with Crippen LogP contribution in [0.5, 0.6) is 0 Å². The lowest BCUT2D eigenvalue weighted by atomic mass is 10.0. The molecule has 1 aliphatic rings. The van der Waals surface area contributed by atoms with E-state index >= 15 is 0 Å². The maximum atomic E-state index is 5.70. The molecule has 1 aromatic rings. The van der Waals surface area contributed by atoms with Crippen LogP contribution in [0.1, 0.15) is 12.0 Å². The second-order valence-corrected chi connectivity index (χ2v) is 12.3. The summed E-state index contributed by atoms with van der Waals surface area (Å²) < 4.78 is 5.70. The Balaban J connectivity index is 1.83. The molecular formula is C18H29NOSi. The number of benzene rings is 1. The fourth-order valence-electron chi connectivity index (χ4n) is 2.88. The number of nitrogens with zero attached hydrogens (tertiary/aromatic N) is 1. The van der Waals surface area contributed by atoms with Crippen molar-refractivity contribution in [2.45, 2.75) is 32.6 Å². The second kappa shape index (κ2) is 7.39. The molecule has 0 N–H and O–H groups in total. The van der Waals surface area contributed by atoms with E-state index in [0.717, 1.165) is 26.3 Å². The van der Waals surface area contributed by atoms with Gasteiger partial charge in [-0.15, -0.1) is 0 Å². The van der Waals surface area contributed by atoms with Crippen LogP contribution in [0, 0.1) is 5.92 Å². The summed E-state index contributed by atoms with van der Waals surface area (Å²) in [6, 6.07) is 10.7. The van der Waals surface area contributed by atoms with Crippen LogP contribution in [-0.2, 0) is 11.3 Å². The molecule has 1 fully saturated rings. The Labute approximate surface area is 130 Å². The number of ether oxygens (including phenoxy) is 1. The third-order valence-electron chi connectivity index (χ3n) is 3.89. The maximum absolute atomic E-state index is 5.70. The largest absolute Gasteiger partial charge is 0.376 e. The van der Waals surface area contributed by atoms with Gasteiger partial charge in [-0.3, -0.25) is 0 Å². The van der Waals surface area contributed by atoms with E-state index in [-0.39, 0.29) is 0 Å². The Kier molecular flexibility index (Phi) is 5.79. The zero-order chi connectivity index (χ0) is 15.3. The molecule has 1 atom stereocenters. The van der Waals surface area contributed by atoms with E-state index in [0.29, 0.717) is 5.92 Å². The smallest absolute Gasteiger partial charge is 0.0687 e. The molecule has 21 heavy (non-hydrogen) atoms. The van der Waals surface area contributed by atoms with Crippen molar-refractivity contribution in [2.24, 2.45) is 5.92 Å². The van der Waals surface area contributed by atoms with E-state index in [4.69, 9.17) is 4.74 Å². The number of hydrogen-bond acceptors (Lipinski definition) is 2. The molecule has 0 radical (unpaired) electrons. The van der Waals surface area contributed by atoms with Crippen LogP contribution in [0.2, 0.25) is 19.6 Å². The Morgan fingerprint density at radius 1 is 1.24 bits per heavy atom. The Morgan fingerprint density at radius 3 is 2.62 bits per heavy atom. The molecule has 0 saturated carbocycles. The molecule has 1 aromatic carbocycles. The molecule has 0 aromatic heterocycles. The number of hydrogen-bond donors (Lipinski definition) is 0. The zero-order valence-electron chi connectivity index (χ0n) is 13.9. The minimum absolute atomic E-state index is 0.634. The van der Waals surface area contributed by atoms with E-state index in [2.05, 4.69) is 67.6 Å². The molecule has 2 nitrogen and oxygen atoms in total. The molecule has 116 valence electrons. The van der Waals surface area contributed by atoms with Gasteiger partial charge in [-0.05, 0) is 31.1 Å². The first-order chi connectivity index (χ1) is 9.94. The van der Waals surface area contributed by atoms with Crippen molar-refractivity contribution in [3.63, 3.8) is 0 Å². The van der Waals surface area contributed by atoms with Gasteiger partial charge in [0, 0.05) is 12.5 Å². The average Bonchev–Trinajstić information content (AvgIpc) is 2.82. The molecular weight excluding hydrogens is 274 g/mol. The highest BCUT2D eigenvalue weighted by molar-refractivity contribution is 6.81. The van der Waals surface area contributed by atoms with Crippen molar-refractivity contribution in [1.82, 2.24) is 4.90 Å². The van der Waals surface area contributed by atoms with Gasteiger partial charge in [0.1, 0.15) is 0 Å². The highest BCUT2D eigenvalue weighted by Gasteiger charge is 2.24. The van der Waals surface area contributed by atoms with Crippen LogP contribution >= 0.6 is 0 Å². The van der Waals surface area contributed by atoms with Gasteiger partial charge in [-0.2, -0.15) is 0 Å². The topological polar surface area (TPSA) is 12.5 Å². The first-order valence-electron chi connectivity index (χ1n) is 7.96. The van der Waals surface area contributed by atoms with E-state index in [1.54, 1.807) is 5.57 Å². The van der Waals surface area contributed by atoms with Gasteiger partial charge in [-0.25, -0.2) is 0 Å². The van der Waals surface area contributed by atoms with Gasteiger partial charge >= 0.3 is 0 Å². The molecule has 0 aliphatic carbocycles. The normalized spacial score (nSPS) is 21.4. The number of rotatable bonds is 6. The van der Waals surface area contributed by atoms with Crippen LogP contribution < -0.4 is 0 Å². The van der Waals surface area contributed by atoms with Crippen molar-refractivity contribution in [3.05, 3.63) is 47.2 Å². The molecule has 0 bridgehead atoms. The third-order valence-corrected chi connectivity index (χ3v) is 5.12. The Bertz CT molecular complexity index is 464. The maximum Gasteiger partial charge on any atom is 0.0687 e. The molecule has 3 heteroatoms. The SMILES string of the molecule is CN(CCC1COC/C1=C\[Si](C)(C)C)Cc1ccccc1. The predicted octanol–water partition coefficient (Wildman–Crippen LogP) is 3.96. The average molecular weight is 304 g/mol. The van der Waals surface area contributed by atoms with E-state index in [1.807, 2.05) is 0 Å². The van der Waals surface area contributed by atoms with Crippen molar-refractivity contribution >= 4 is 8.07 Å². The molecule has 1 heterocycles. The van der Waals surface area contributed by atoms with Crippen molar-refractivity contribution < 1.29 is 4.74 Å². The van der Waals surface area contributed by atoms with Gasteiger partial charge in [0.25, 0.3) is 0 Å². The third kappa shape index (κ3) is 5.77. The van der Waals surface area contributed by atoms with Gasteiger partial charge < -0.3 is 9.64 Å². The van der Waals surface area contributed by atoms with Crippen LogP contribution in [0.3, 0.4) is 0 Å². The lowest BCUT2D eigenvalue weighted by molar-refractivity contribution is 0.181. The lowest BCUT2D eigenvalue weighted by Crippen LogP contribution is -2.23. The Morgan fingerprint density at radius 2 is 1.95 bits per heavy atom. The molecule has 1 unspecified atom stereocenters. The highest BCUT2D eigenvalue weighted by Crippen LogP contribution is 2.25. The van der Waals surface area contributed by atoms with Crippen molar-refractivity contribution in [2.75, 3.05) is 26.8 Å². The highest BCUT2D eigenvalue weighted by atomic mass is 28.3. The van der Waals surface area contributed by atoms with Crippen LogP contribution in [0.15, 0.2) is 41.6 Å². The summed E-state index contributed by atoms with van der Waals surface area (Å²) >= 11 is 0. The van der Waals surface area contributed by atoms with Crippen molar-refractivity contribution in [3.8, 4) is 0 Å². The monoisotopic (exact) mass is 303 g/mol. The van der Waals surface area contributed by atoms with Gasteiger partial charge in [0.05, 0.1) is 21.3 Å². The van der Waals surface area contributed by atoms with E-state index in [9.17, 15) is 0 Å². The summed E-state index contributed by atoms with van der Waals surface area (Å²) in [5.74, 6) is 0.634. The fraction of sp³-hybridized carbons (Fsp3) is 0.556. The molecule has 0 spiro atoms. The summed E-state index contributed by atoms with van der Waals surface area (Å²) in [5, 5.41) is 0. The summed E-state index contributed by atoms with van der Waals surface area (Å²) in [4.78, 5) is 2.42. The molecule has 0 amide bonds. The minimum atomic E-state index is -1.14. The summed E-state index contributed by atoms with van der Waals surface area (Å²) in [5.41, 5.74) is 5.49. The molecule has 2 rings (SSSR count). The van der Waals surface area contributed by atoms with Gasteiger partial charge in [0.15, 0.2) is 0 Å². The quantitative estimate of drug-likeness (QED) is 0.738. The summed E-state index contributed by atoms with van der Waals surface area (Å²) in [6.45, 7) is 11.1.